The monoisotopic (exact) mass is 333 g/mol. The van der Waals surface area contributed by atoms with Crippen molar-refractivity contribution in [1.82, 2.24) is 0 Å². The predicted molar refractivity (Wildman–Crippen MR) is 79.9 cm³/mol. The van der Waals surface area contributed by atoms with Crippen molar-refractivity contribution in [2.45, 2.75) is 6.42 Å². The Morgan fingerprint density at radius 3 is 2.48 bits per heavy atom. The second kappa shape index (κ2) is 6.11. The highest BCUT2D eigenvalue weighted by molar-refractivity contribution is 7.91. The van der Waals surface area contributed by atoms with Gasteiger partial charge in [0, 0.05) is 12.1 Å². The molecule has 1 unspecified atom stereocenters. The van der Waals surface area contributed by atoms with E-state index in [1.807, 2.05) is 0 Å². The van der Waals surface area contributed by atoms with Crippen molar-refractivity contribution in [1.29, 1.82) is 0 Å². The topological polar surface area (TPSA) is 81.7 Å². The van der Waals surface area contributed by atoms with E-state index in [9.17, 15) is 13.2 Å². The number of hydrogen-bond donors (Lipinski definition) is 1. The fourth-order valence-electron chi connectivity index (χ4n) is 2.19. The molecule has 1 aromatic carbocycles. The predicted octanol–water partition coefficient (Wildman–Crippen LogP) is 1.73. The van der Waals surface area contributed by atoms with Crippen molar-refractivity contribution in [3.8, 4) is 11.5 Å². The lowest BCUT2D eigenvalue weighted by atomic mass is 10.1. The molecule has 1 N–H and O–H groups in total. The van der Waals surface area contributed by atoms with E-state index in [4.69, 9.17) is 21.1 Å². The Labute approximate surface area is 128 Å². The van der Waals surface area contributed by atoms with Gasteiger partial charge < -0.3 is 14.8 Å². The van der Waals surface area contributed by atoms with E-state index in [0.717, 1.165) is 0 Å². The summed E-state index contributed by atoms with van der Waals surface area (Å²) in [7, 11) is -0.193. The Morgan fingerprint density at radius 2 is 1.95 bits per heavy atom. The first-order chi connectivity index (χ1) is 9.86. The third kappa shape index (κ3) is 3.59. The summed E-state index contributed by atoms with van der Waals surface area (Å²) in [5.74, 6) is -0.181. The molecule has 6 nitrogen and oxygen atoms in total. The van der Waals surface area contributed by atoms with Crippen LogP contribution in [0.5, 0.6) is 11.5 Å². The van der Waals surface area contributed by atoms with Gasteiger partial charge in [-0.1, -0.05) is 11.6 Å². The SMILES string of the molecule is COc1cc(NC(=O)C2CCS(=O)(=O)C2)c(OC)cc1Cl. The summed E-state index contributed by atoms with van der Waals surface area (Å²) in [6, 6.07) is 3.07. The zero-order valence-electron chi connectivity index (χ0n) is 11.7. The van der Waals surface area contributed by atoms with E-state index in [1.54, 1.807) is 6.07 Å². The van der Waals surface area contributed by atoms with Crippen LogP contribution in [0, 0.1) is 5.92 Å². The van der Waals surface area contributed by atoms with Gasteiger partial charge in [-0.25, -0.2) is 8.42 Å². The number of benzene rings is 1. The summed E-state index contributed by atoms with van der Waals surface area (Å²) in [5.41, 5.74) is 0.396. The van der Waals surface area contributed by atoms with Crippen molar-refractivity contribution in [3.05, 3.63) is 17.2 Å². The molecular formula is C13H16ClNO5S. The lowest BCUT2D eigenvalue weighted by Crippen LogP contribution is -2.24. The summed E-state index contributed by atoms with van der Waals surface area (Å²) in [6.45, 7) is 0. The maximum absolute atomic E-state index is 12.2. The van der Waals surface area contributed by atoms with Gasteiger partial charge >= 0.3 is 0 Å². The molecule has 0 bridgehead atoms. The molecule has 1 aliphatic heterocycles. The Kier molecular flexibility index (Phi) is 4.63. The molecule has 1 fully saturated rings. The number of amides is 1. The Hall–Kier alpha value is -1.47. The highest BCUT2D eigenvalue weighted by atomic mass is 35.5. The minimum atomic E-state index is -3.11. The molecule has 0 saturated carbocycles. The number of carbonyl (C=O) groups is 1. The van der Waals surface area contributed by atoms with E-state index in [1.165, 1.54) is 20.3 Å². The molecule has 1 aromatic rings. The summed E-state index contributed by atoms with van der Waals surface area (Å²) in [4.78, 5) is 12.2. The van der Waals surface area contributed by atoms with Crippen LogP contribution in [-0.2, 0) is 14.6 Å². The van der Waals surface area contributed by atoms with Gasteiger partial charge in [0.2, 0.25) is 5.91 Å². The first-order valence-electron chi connectivity index (χ1n) is 6.29. The number of methoxy groups -OCH3 is 2. The smallest absolute Gasteiger partial charge is 0.228 e. The Morgan fingerprint density at radius 1 is 1.29 bits per heavy atom. The minimum absolute atomic E-state index is 0.0478. The minimum Gasteiger partial charge on any atom is -0.495 e. The van der Waals surface area contributed by atoms with Gasteiger partial charge in [0.15, 0.2) is 9.84 Å². The molecule has 1 aliphatic rings. The molecule has 116 valence electrons. The summed E-state index contributed by atoms with van der Waals surface area (Å²) in [6.07, 6.45) is 0.335. The molecule has 21 heavy (non-hydrogen) atoms. The van der Waals surface area contributed by atoms with Crippen molar-refractivity contribution < 1.29 is 22.7 Å². The second-order valence-electron chi connectivity index (χ2n) is 4.78. The van der Waals surface area contributed by atoms with Gasteiger partial charge in [0.1, 0.15) is 11.5 Å². The molecule has 1 saturated heterocycles. The first kappa shape index (κ1) is 15.9. The van der Waals surface area contributed by atoms with Crippen molar-refractivity contribution in [2.24, 2.45) is 5.92 Å². The molecule has 0 radical (unpaired) electrons. The van der Waals surface area contributed by atoms with E-state index in [-0.39, 0.29) is 17.4 Å². The normalized spacial score (nSPS) is 20.0. The zero-order valence-corrected chi connectivity index (χ0v) is 13.3. The number of rotatable bonds is 4. The average Bonchev–Trinajstić information content (AvgIpc) is 2.80. The van der Waals surface area contributed by atoms with Crippen molar-refractivity contribution in [2.75, 3.05) is 31.0 Å². The fourth-order valence-corrected chi connectivity index (χ4v) is 4.17. The van der Waals surface area contributed by atoms with Crippen LogP contribution in [-0.4, -0.2) is 40.1 Å². The molecule has 0 spiro atoms. The fraction of sp³-hybridized carbons (Fsp3) is 0.462. The highest BCUT2D eigenvalue weighted by Gasteiger charge is 2.33. The van der Waals surface area contributed by atoms with Crippen molar-refractivity contribution in [3.63, 3.8) is 0 Å². The zero-order chi connectivity index (χ0) is 15.6. The van der Waals surface area contributed by atoms with Crippen LogP contribution in [0.2, 0.25) is 5.02 Å². The molecule has 1 heterocycles. The molecule has 2 rings (SSSR count). The quantitative estimate of drug-likeness (QED) is 0.907. The number of ether oxygens (including phenoxy) is 2. The molecular weight excluding hydrogens is 318 g/mol. The lowest BCUT2D eigenvalue weighted by molar-refractivity contribution is -0.119. The van der Waals surface area contributed by atoms with Crippen molar-refractivity contribution >= 4 is 33.0 Å². The van der Waals surface area contributed by atoms with Gasteiger partial charge in [-0.15, -0.1) is 0 Å². The third-order valence-electron chi connectivity index (χ3n) is 3.34. The van der Waals surface area contributed by atoms with Gasteiger partial charge in [0.25, 0.3) is 0 Å². The Bertz CT molecular complexity index is 659. The second-order valence-corrected chi connectivity index (χ2v) is 7.41. The maximum atomic E-state index is 12.2. The van der Waals surface area contributed by atoms with Gasteiger partial charge in [0.05, 0.1) is 42.4 Å². The van der Waals surface area contributed by atoms with Crippen LogP contribution in [0.25, 0.3) is 0 Å². The molecule has 0 aromatic heterocycles. The van der Waals surface area contributed by atoms with Crippen LogP contribution in [0.4, 0.5) is 5.69 Å². The standard InChI is InChI=1S/C13H16ClNO5S/c1-19-11-6-10(12(20-2)5-9(11)14)15-13(16)8-3-4-21(17,18)7-8/h5-6,8H,3-4,7H2,1-2H3,(H,15,16). The number of carbonyl (C=O) groups excluding carboxylic acids is 1. The van der Waals surface area contributed by atoms with E-state index in [0.29, 0.717) is 28.6 Å². The number of hydrogen-bond acceptors (Lipinski definition) is 5. The molecule has 8 heteroatoms. The number of anilines is 1. The summed E-state index contributed by atoms with van der Waals surface area (Å²) < 4.78 is 33.1. The lowest BCUT2D eigenvalue weighted by Gasteiger charge is -2.15. The van der Waals surface area contributed by atoms with E-state index >= 15 is 0 Å². The molecule has 0 aliphatic carbocycles. The number of nitrogens with one attached hydrogen (secondary N) is 1. The van der Waals surface area contributed by atoms with E-state index < -0.39 is 15.8 Å². The highest BCUT2D eigenvalue weighted by Crippen LogP contribution is 2.36. The van der Waals surface area contributed by atoms with Crippen LogP contribution in [0.1, 0.15) is 6.42 Å². The molecule has 1 atom stereocenters. The summed E-state index contributed by atoms with van der Waals surface area (Å²) >= 11 is 5.98. The maximum Gasteiger partial charge on any atom is 0.228 e. The van der Waals surface area contributed by atoms with E-state index in [2.05, 4.69) is 5.32 Å². The summed E-state index contributed by atoms with van der Waals surface area (Å²) in [5, 5.41) is 3.03. The van der Waals surface area contributed by atoms with Crippen LogP contribution in [0.15, 0.2) is 12.1 Å². The van der Waals surface area contributed by atoms with Gasteiger partial charge in [-0.3, -0.25) is 4.79 Å². The number of halogens is 1. The number of sulfone groups is 1. The van der Waals surface area contributed by atoms with Crippen LogP contribution in [0.3, 0.4) is 0 Å². The van der Waals surface area contributed by atoms with Gasteiger partial charge in [-0.05, 0) is 6.42 Å². The van der Waals surface area contributed by atoms with Crippen LogP contribution < -0.4 is 14.8 Å². The largest absolute Gasteiger partial charge is 0.495 e. The van der Waals surface area contributed by atoms with Crippen LogP contribution >= 0.6 is 11.6 Å². The first-order valence-corrected chi connectivity index (χ1v) is 8.49. The van der Waals surface area contributed by atoms with Gasteiger partial charge in [-0.2, -0.15) is 0 Å². The molecule has 1 amide bonds. The Balaban J connectivity index is 2.21. The average molecular weight is 334 g/mol. The third-order valence-corrected chi connectivity index (χ3v) is 5.40.